The predicted octanol–water partition coefficient (Wildman–Crippen LogP) is 2.77. The molecule has 6 nitrogen and oxygen atoms in total. The maximum Gasteiger partial charge on any atom is 0.253 e. The van der Waals surface area contributed by atoms with Crippen LogP contribution in [0.4, 0.5) is 0 Å². The summed E-state index contributed by atoms with van der Waals surface area (Å²) in [6.45, 7) is 2.38. The van der Waals surface area contributed by atoms with Crippen LogP contribution in [0.3, 0.4) is 0 Å². The fraction of sp³-hybridized carbons (Fsp3) is 0.318. The Morgan fingerprint density at radius 3 is 2.61 bits per heavy atom. The Balaban J connectivity index is 1.42. The van der Waals surface area contributed by atoms with E-state index in [1.807, 2.05) is 52.2 Å². The SMILES string of the molecule is CN(C)[C@@H]1CCN(C(=O)c2ccc(-c3ccc(Cn4ccnc4)cn3)cc2)C1. The first kappa shape index (κ1) is 18.4. The van der Waals surface area contributed by atoms with Gasteiger partial charge in [0.05, 0.1) is 12.0 Å². The second-order valence-corrected chi connectivity index (χ2v) is 7.52. The van der Waals surface area contributed by atoms with Crippen molar-refractivity contribution in [1.82, 2.24) is 24.3 Å². The van der Waals surface area contributed by atoms with Crippen LogP contribution in [0.15, 0.2) is 61.3 Å². The fourth-order valence-electron chi connectivity index (χ4n) is 3.59. The fourth-order valence-corrected chi connectivity index (χ4v) is 3.59. The Bertz CT molecular complexity index is 917. The number of benzene rings is 1. The summed E-state index contributed by atoms with van der Waals surface area (Å²) in [6.07, 6.45) is 8.43. The highest BCUT2D eigenvalue weighted by atomic mass is 16.2. The lowest BCUT2D eigenvalue weighted by Crippen LogP contribution is -2.34. The minimum atomic E-state index is 0.111. The number of likely N-dealkylation sites (tertiary alicyclic amines) is 1. The largest absolute Gasteiger partial charge is 0.337 e. The number of imidazole rings is 1. The number of nitrogens with zero attached hydrogens (tertiary/aromatic N) is 5. The Labute approximate surface area is 165 Å². The smallest absolute Gasteiger partial charge is 0.253 e. The van der Waals surface area contributed by atoms with Gasteiger partial charge in [-0.05, 0) is 44.3 Å². The molecule has 6 heteroatoms. The number of carbonyl (C=O) groups is 1. The van der Waals surface area contributed by atoms with Crippen LogP contribution in [0.25, 0.3) is 11.3 Å². The summed E-state index contributed by atoms with van der Waals surface area (Å²) in [5.74, 6) is 0.111. The molecule has 1 saturated heterocycles. The van der Waals surface area contributed by atoms with Gasteiger partial charge in [0.25, 0.3) is 5.91 Å². The maximum absolute atomic E-state index is 12.7. The summed E-state index contributed by atoms with van der Waals surface area (Å²) in [4.78, 5) is 25.5. The normalized spacial score (nSPS) is 16.7. The predicted molar refractivity (Wildman–Crippen MR) is 109 cm³/mol. The molecule has 3 aromatic rings. The molecule has 2 aromatic heterocycles. The van der Waals surface area contributed by atoms with Crippen LogP contribution >= 0.6 is 0 Å². The molecule has 3 heterocycles. The molecule has 1 aliphatic heterocycles. The van der Waals surface area contributed by atoms with Gasteiger partial charge in [-0.25, -0.2) is 4.98 Å². The third-order valence-electron chi connectivity index (χ3n) is 5.36. The summed E-state index contributed by atoms with van der Waals surface area (Å²) >= 11 is 0. The number of pyridine rings is 1. The van der Waals surface area contributed by atoms with Crippen LogP contribution in [-0.4, -0.2) is 63.5 Å². The molecule has 0 aliphatic carbocycles. The average molecular weight is 375 g/mol. The van der Waals surface area contributed by atoms with E-state index in [-0.39, 0.29) is 5.91 Å². The quantitative estimate of drug-likeness (QED) is 0.688. The molecule has 4 rings (SSSR count). The van der Waals surface area contributed by atoms with Gasteiger partial charge in [-0.1, -0.05) is 18.2 Å². The van der Waals surface area contributed by atoms with Gasteiger partial charge in [-0.2, -0.15) is 0 Å². The van der Waals surface area contributed by atoms with Gasteiger partial charge in [-0.15, -0.1) is 0 Å². The molecule has 144 valence electrons. The number of rotatable bonds is 5. The van der Waals surface area contributed by atoms with Gasteiger partial charge in [0.15, 0.2) is 0 Å². The zero-order chi connectivity index (χ0) is 19.5. The zero-order valence-corrected chi connectivity index (χ0v) is 16.3. The highest BCUT2D eigenvalue weighted by Crippen LogP contribution is 2.21. The van der Waals surface area contributed by atoms with Crippen molar-refractivity contribution < 1.29 is 4.79 Å². The van der Waals surface area contributed by atoms with E-state index >= 15 is 0 Å². The summed E-state index contributed by atoms with van der Waals surface area (Å²) in [5, 5.41) is 0. The lowest BCUT2D eigenvalue weighted by molar-refractivity contribution is 0.0783. The van der Waals surface area contributed by atoms with E-state index in [1.54, 1.807) is 12.5 Å². The molecule has 0 bridgehead atoms. The lowest BCUT2D eigenvalue weighted by Gasteiger charge is -2.20. The van der Waals surface area contributed by atoms with Crippen molar-refractivity contribution in [2.75, 3.05) is 27.2 Å². The Hall–Kier alpha value is -2.99. The molecule has 1 amide bonds. The highest BCUT2D eigenvalue weighted by Gasteiger charge is 2.27. The summed E-state index contributed by atoms with van der Waals surface area (Å²) in [5.41, 5.74) is 3.78. The number of carbonyl (C=O) groups excluding carboxylic acids is 1. The molecule has 0 unspecified atom stereocenters. The van der Waals surface area contributed by atoms with Crippen molar-refractivity contribution in [1.29, 1.82) is 0 Å². The third-order valence-corrected chi connectivity index (χ3v) is 5.36. The molecule has 0 radical (unpaired) electrons. The molecular formula is C22H25N5O. The molecule has 0 N–H and O–H groups in total. The van der Waals surface area contributed by atoms with Gasteiger partial charge in [0, 0.05) is 55.4 Å². The van der Waals surface area contributed by atoms with Crippen LogP contribution in [0, 0.1) is 0 Å². The van der Waals surface area contributed by atoms with Crippen LogP contribution < -0.4 is 0 Å². The first-order valence-corrected chi connectivity index (χ1v) is 9.57. The van der Waals surface area contributed by atoms with Gasteiger partial charge in [0.2, 0.25) is 0 Å². The van der Waals surface area contributed by atoms with E-state index in [9.17, 15) is 4.79 Å². The number of amides is 1. The highest BCUT2D eigenvalue weighted by molar-refractivity contribution is 5.94. The van der Waals surface area contributed by atoms with E-state index in [0.29, 0.717) is 6.04 Å². The standard InChI is InChI=1S/C22H25N5O/c1-25(2)20-9-11-27(15-20)22(28)19-6-4-18(5-7-19)21-8-3-17(13-24-21)14-26-12-10-23-16-26/h3-8,10,12-13,16,20H,9,11,14-15H2,1-2H3/t20-/m1/s1. The molecular weight excluding hydrogens is 350 g/mol. The molecule has 28 heavy (non-hydrogen) atoms. The van der Waals surface area contributed by atoms with Crippen molar-refractivity contribution in [3.8, 4) is 11.3 Å². The first-order chi connectivity index (χ1) is 13.6. The number of hydrogen-bond donors (Lipinski definition) is 0. The van der Waals surface area contributed by atoms with Crippen molar-refractivity contribution >= 4 is 5.91 Å². The minimum Gasteiger partial charge on any atom is -0.337 e. The molecule has 0 spiro atoms. The lowest BCUT2D eigenvalue weighted by atomic mass is 10.1. The van der Waals surface area contributed by atoms with Crippen molar-refractivity contribution in [3.63, 3.8) is 0 Å². The number of aromatic nitrogens is 3. The summed E-state index contributed by atoms with van der Waals surface area (Å²) in [7, 11) is 4.14. The summed E-state index contributed by atoms with van der Waals surface area (Å²) < 4.78 is 2.01. The summed E-state index contributed by atoms with van der Waals surface area (Å²) in [6, 6.07) is 12.3. The van der Waals surface area contributed by atoms with Crippen LogP contribution in [0.1, 0.15) is 22.3 Å². The van der Waals surface area contributed by atoms with Crippen molar-refractivity contribution in [2.24, 2.45) is 0 Å². The first-order valence-electron chi connectivity index (χ1n) is 9.57. The van der Waals surface area contributed by atoms with E-state index in [4.69, 9.17) is 0 Å². The zero-order valence-electron chi connectivity index (χ0n) is 16.3. The van der Waals surface area contributed by atoms with Crippen LogP contribution in [0.5, 0.6) is 0 Å². The maximum atomic E-state index is 12.7. The number of likely N-dealkylation sites (N-methyl/N-ethyl adjacent to an activating group) is 1. The topological polar surface area (TPSA) is 54.3 Å². The molecule has 1 fully saturated rings. The van der Waals surface area contributed by atoms with Crippen LogP contribution in [0.2, 0.25) is 0 Å². The average Bonchev–Trinajstić information content (AvgIpc) is 3.40. The Kier molecular flexibility index (Phi) is 5.21. The molecule has 1 atom stereocenters. The molecule has 0 saturated carbocycles. The van der Waals surface area contributed by atoms with E-state index in [2.05, 4.69) is 35.0 Å². The molecule has 1 aliphatic rings. The van der Waals surface area contributed by atoms with E-state index < -0.39 is 0 Å². The van der Waals surface area contributed by atoms with Gasteiger partial charge in [-0.3, -0.25) is 9.78 Å². The van der Waals surface area contributed by atoms with Crippen molar-refractivity contribution in [2.45, 2.75) is 19.0 Å². The Morgan fingerprint density at radius 1 is 1.18 bits per heavy atom. The third kappa shape index (κ3) is 3.97. The second-order valence-electron chi connectivity index (χ2n) is 7.52. The van der Waals surface area contributed by atoms with Gasteiger partial charge < -0.3 is 14.4 Å². The van der Waals surface area contributed by atoms with E-state index in [0.717, 1.165) is 48.4 Å². The number of hydrogen-bond acceptors (Lipinski definition) is 4. The van der Waals surface area contributed by atoms with Gasteiger partial charge >= 0.3 is 0 Å². The van der Waals surface area contributed by atoms with Crippen LogP contribution in [-0.2, 0) is 6.54 Å². The van der Waals surface area contributed by atoms with Crippen molar-refractivity contribution in [3.05, 3.63) is 72.4 Å². The molecule has 1 aromatic carbocycles. The second kappa shape index (κ2) is 7.94. The van der Waals surface area contributed by atoms with E-state index in [1.165, 1.54) is 0 Å². The minimum absolute atomic E-state index is 0.111. The Morgan fingerprint density at radius 2 is 2.00 bits per heavy atom. The van der Waals surface area contributed by atoms with Gasteiger partial charge in [0.1, 0.15) is 0 Å². The monoisotopic (exact) mass is 375 g/mol.